The van der Waals surface area contributed by atoms with E-state index in [1.807, 2.05) is 13.8 Å². The van der Waals surface area contributed by atoms with Crippen molar-refractivity contribution in [1.82, 2.24) is 10.2 Å². The van der Waals surface area contributed by atoms with Gasteiger partial charge < -0.3 is 10.4 Å². The van der Waals surface area contributed by atoms with E-state index in [9.17, 15) is 9.59 Å². The molecule has 19 heavy (non-hydrogen) atoms. The third kappa shape index (κ3) is 4.49. The second-order valence-electron chi connectivity index (χ2n) is 5.74. The van der Waals surface area contributed by atoms with E-state index in [2.05, 4.69) is 24.1 Å². The lowest BCUT2D eigenvalue weighted by Gasteiger charge is -2.32. The zero-order chi connectivity index (χ0) is 14.6. The Morgan fingerprint density at radius 2 is 1.79 bits per heavy atom. The summed E-state index contributed by atoms with van der Waals surface area (Å²) < 4.78 is 0. The van der Waals surface area contributed by atoms with E-state index in [0.717, 1.165) is 12.8 Å². The Kier molecular flexibility index (Phi) is 5.79. The molecule has 1 fully saturated rings. The van der Waals surface area contributed by atoms with E-state index in [1.54, 1.807) is 0 Å². The van der Waals surface area contributed by atoms with Gasteiger partial charge in [0.1, 0.15) is 0 Å². The lowest BCUT2D eigenvalue weighted by atomic mass is 10.1. The molecule has 0 aromatic rings. The minimum atomic E-state index is -0.823. The van der Waals surface area contributed by atoms with Gasteiger partial charge in [-0.2, -0.15) is 0 Å². The standard InChI is InChI=1S/C14H26N2O3/c1-9(5-8-13(17)18)15-14(19)12(4)16-10(2)6-7-11(16)3/h9-12H,5-8H2,1-4H3,(H,15,19)(H,17,18). The van der Waals surface area contributed by atoms with Crippen molar-refractivity contribution in [3.05, 3.63) is 0 Å². The highest BCUT2D eigenvalue weighted by molar-refractivity contribution is 5.81. The summed E-state index contributed by atoms with van der Waals surface area (Å²) in [6.07, 6.45) is 2.83. The number of carbonyl (C=O) groups is 2. The highest BCUT2D eigenvalue weighted by Crippen LogP contribution is 2.25. The Labute approximate surface area is 115 Å². The number of rotatable bonds is 6. The van der Waals surface area contributed by atoms with Crippen LogP contribution in [-0.2, 0) is 9.59 Å². The number of nitrogens with zero attached hydrogens (tertiary/aromatic N) is 1. The van der Waals surface area contributed by atoms with Crippen LogP contribution < -0.4 is 5.32 Å². The molecule has 1 saturated heterocycles. The first-order valence-corrected chi connectivity index (χ1v) is 7.12. The SMILES string of the molecule is CC(CCC(=O)O)NC(=O)C(C)N1C(C)CCC1C. The molecule has 1 aliphatic heterocycles. The Morgan fingerprint density at radius 1 is 1.26 bits per heavy atom. The molecule has 0 saturated carbocycles. The number of likely N-dealkylation sites (tertiary alicyclic amines) is 1. The Hall–Kier alpha value is -1.10. The average molecular weight is 270 g/mol. The highest BCUT2D eigenvalue weighted by atomic mass is 16.4. The molecule has 4 unspecified atom stereocenters. The fourth-order valence-corrected chi connectivity index (χ4v) is 2.89. The van der Waals surface area contributed by atoms with Crippen LogP contribution in [0.25, 0.3) is 0 Å². The van der Waals surface area contributed by atoms with Gasteiger partial charge in [0.2, 0.25) is 5.91 Å². The fraction of sp³-hybridized carbons (Fsp3) is 0.857. The molecule has 1 amide bonds. The predicted octanol–water partition coefficient (Wildman–Crippen LogP) is 1.62. The van der Waals surface area contributed by atoms with E-state index in [4.69, 9.17) is 5.11 Å². The lowest BCUT2D eigenvalue weighted by molar-refractivity contribution is -0.137. The first-order chi connectivity index (χ1) is 8.82. The number of carbonyl (C=O) groups excluding carboxylic acids is 1. The second kappa shape index (κ2) is 6.89. The van der Waals surface area contributed by atoms with Crippen LogP contribution in [0.15, 0.2) is 0 Å². The van der Waals surface area contributed by atoms with Gasteiger partial charge >= 0.3 is 5.97 Å². The number of amides is 1. The summed E-state index contributed by atoms with van der Waals surface area (Å²) in [4.78, 5) is 24.9. The van der Waals surface area contributed by atoms with Crippen LogP contribution >= 0.6 is 0 Å². The van der Waals surface area contributed by atoms with Gasteiger partial charge in [-0.1, -0.05) is 0 Å². The van der Waals surface area contributed by atoms with E-state index in [-0.39, 0.29) is 24.4 Å². The minimum Gasteiger partial charge on any atom is -0.481 e. The van der Waals surface area contributed by atoms with Crippen molar-refractivity contribution in [2.24, 2.45) is 0 Å². The molecule has 0 aliphatic carbocycles. The number of carboxylic acids is 1. The first-order valence-electron chi connectivity index (χ1n) is 7.12. The molecule has 0 bridgehead atoms. The monoisotopic (exact) mass is 270 g/mol. The molecule has 1 rings (SSSR count). The molecule has 0 aromatic heterocycles. The van der Waals surface area contributed by atoms with Crippen LogP contribution in [-0.4, -0.2) is 46.1 Å². The molecular weight excluding hydrogens is 244 g/mol. The average Bonchev–Trinajstić information content (AvgIpc) is 2.65. The molecule has 5 nitrogen and oxygen atoms in total. The van der Waals surface area contributed by atoms with Gasteiger partial charge in [0.05, 0.1) is 6.04 Å². The molecule has 1 aliphatic rings. The Morgan fingerprint density at radius 3 is 2.26 bits per heavy atom. The maximum Gasteiger partial charge on any atom is 0.303 e. The van der Waals surface area contributed by atoms with Crippen LogP contribution in [0, 0.1) is 0 Å². The Balaban J connectivity index is 2.46. The van der Waals surface area contributed by atoms with Crippen molar-refractivity contribution in [1.29, 1.82) is 0 Å². The quantitative estimate of drug-likeness (QED) is 0.769. The van der Waals surface area contributed by atoms with Gasteiger partial charge in [0.15, 0.2) is 0 Å². The summed E-state index contributed by atoms with van der Waals surface area (Å²) in [5.74, 6) is -0.825. The van der Waals surface area contributed by atoms with Gasteiger partial charge in [-0.05, 0) is 47.0 Å². The molecule has 1 heterocycles. The zero-order valence-corrected chi connectivity index (χ0v) is 12.3. The summed E-state index contributed by atoms with van der Waals surface area (Å²) >= 11 is 0. The van der Waals surface area contributed by atoms with Crippen molar-refractivity contribution in [2.75, 3.05) is 0 Å². The van der Waals surface area contributed by atoms with Gasteiger partial charge in [-0.3, -0.25) is 14.5 Å². The largest absolute Gasteiger partial charge is 0.481 e. The van der Waals surface area contributed by atoms with Crippen molar-refractivity contribution in [3.8, 4) is 0 Å². The maximum absolute atomic E-state index is 12.2. The van der Waals surface area contributed by atoms with Gasteiger partial charge in [0.25, 0.3) is 0 Å². The van der Waals surface area contributed by atoms with Crippen molar-refractivity contribution >= 4 is 11.9 Å². The summed E-state index contributed by atoms with van der Waals surface area (Å²) in [7, 11) is 0. The fourth-order valence-electron chi connectivity index (χ4n) is 2.89. The molecule has 0 spiro atoms. The van der Waals surface area contributed by atoms with Crippen LogP contribution in [0.2, 0.25) is 0 Å². The number of hydrogen-bond acceptors (Lipinski definition) is 3. The lowest BCUT2D eigenvalue weighted by Crippen LogP contribution is -2.50. The van der Waals surface area contributed by atoms with Crippen molar-refractivity contribution in [2.45, 2.75) is 77.5 Å². The van der Waals surface area contributed by atoms with Crippen LogP contribution in [0.3, 0.4) is 0 Å². The predicted molar refractivity (Wildman–Crippen MR) is 73.9 cm³/mol. The summed E-state index contributed by atoms with van der Waals surface area (Å²) in [5.41, 5.74) is 0. The molecule has 0 radical (unpaired) electrons. The van der Waals surface area contributed by atoms with Gasteiger partial charge in [-0.15, -0.1) is 0 Å². The molecule has 110 valence electrons. The van der Waals surface area contributed by atoms with Crippen molar-refractivity contribution < 1.29 is 14.7 Å². The summed E-state index contributed by atoms with van der Waals surface area (Å²) in [6.45, 7) is 8.09. The minimum absolute atomic E-state index is 0.00140. The topological polar surface area (TPSA) is 69.6 Å². The Bertz CT molecular complexity index is 323. The maximum atomic E-state index is 12.2. The van der Waals surface area contributed by atoms with E-state index in [0.29, 0.717) is 18.5 Å². The molecular formula is C14H26N2O3. The molecule has 5 heteroatoms. The summed E-state index contributed by atoms with van der Waals surface area (Å²) in [6, 6.07) is 0.620. The highest BCUT2D eigenvalue weighted by Gasteiger charge is 2.34. The van der Waals surface area contributed by atoms with Crippen LogP contribution in [0.4, 0.5) is 0 Å². The zero-order valence-electron chi connectivity index (χ0n) is 12.3. The van der Waals surface area contributed by atoms with E-state index >= 15 is 0 Å². The van der Waals surface area contributed by atoms with Gasteiger partial charge in [0, 0.05) is 24.5 Å². The second-order valence-corrected chi connectivity index (χ2v) is 5.74. The molecule has 0 aromatic carbocycles. The number of nitrogens with one attached hydrogen (secondary N) is 1. The number of hydrogen-bond donors (Lipinski definition) is 2. The number of carboxylic acid groups (broad SMARTS) is 1. The van der Waals surface area contributed by atoms with E-state index in [1.165, 1.54) is 0 Å². The molecule has 4 atom stereocenters. The third-order valence-electron chi connectivity index (χ3n) is 4.03. The van der Waals surface area contributed by atoms with E-state index < -0.39 is 5.97 Å². The van der Waals surface area contributed by atoms with Crippen LogP contribution in [0.1, 0.15) is 53.4 Å². The van der Waals surface area contributed by atoms with Crippen molar-refractivity contribution in [3.63, 3.8) is 0 Å². The molecule has 2 N–H and O–H groups in total. The van der Waals surface area contributed by atoms with Gasteiger partial charge in [-0.25, -0.2) is 0 Å². The first kappa shape index (κ1) is 16.0. The normalized spacial score (nSPS) is 26.9. The third-order valence-corrected chi connectivity index (χ3v) is 4.03. The number of aliphatic carboxylic acids is 1. The van der Waals surface area contributed by atoms with Crippen LogP contribution in [0.5, 0.6) is 0 Å². The smallest absolute Gasteiger partial charge is 0.303 e. The summed E-state index contributed by atoms with van der Waals surface area (Å²) in [5, 5.41) is 11.5.